The van der Waals surface area contributed by atoms with Gasteiger partial charge in [0.15, 0.2) is 0 Å². The van der Waals surface area contributed by atoms with E-state index in [4.69, 9.17) is 37.9 Å². The average Bonchev–Trinajstić information content (AvgIpc) is 3.16. The summed E-state index contributed by atoms with van der Waals surface area (Å²) in [6, 6.07) is 23.4. The highest BCUT2D eigenvalue weighted by Crippen LogP contribution is 2.37. The Bertz CT molecular complexity index is 1810. The van der Waals surface area contributed by atoms with Gasteiger partial charge in [-0.15, -0.1) is 0 Å². The maximum atomic E-state index is 13.9. The molecular weight excluding hydrogens is 709 g/mol. The van der Waals surface area contributed by atoms with Crippen molar-refractivity contribution in [1.82, 2.24) is 4.90 Å². The molecule has 1 amide bonds. The molecule has 0 radical (unpaired) electrons. The van der Waals surface area contributed by atoms with Crippen molar-refractivity contribution in [3.63, 3.8) is 0 Å². The van der Waals surface area contributed by atoms with E-state index in [1.807, 2.05) is 75.4 Å². The van der Waals surface area contributed by atoms with Crippen molar-refractivity contribution in [2.45, 2.75) is 76.8 Å². The predicted molar refractivity (Wildman–Crippen MR) is 206 cm³/mol. The summed E-state index contributed by atoms with van der Waals surface area (Å²) in [5.74, 6) is 1.63. The molecule has 1 saturated heterocycles. The van der Waals surface area contributed by atoms with Gasteiger partial charge in [-0.05, 0) is 79.7 Å². The van der Waals surface area contributed by atoms with Gasteiger partial charge in [0.1, 0.15) is 34.8 Å². The van der Waals surface area contributed by atoms with Crippen molar-refractivity contribution >= 4 is 16.9 Å². The highest BCUT2D eigenvalue weighted by molar-refractivity contribution is 5.89. The van der Waals surface area contributed by atoms with E-state index in [0.29, 0.717) is 43.1 Å². The molecule has 55 heavy (non-hydrogen) atoms. The molecule has 0 saturated carbocycles. The minimum atomic E-state index is -0.859. The Morgan fingerprint density at radius 2 is 1.65 bits per heavy atom. The lowest BCUT2D eigenvalue weighted by atomic mass is 9.91. The van der Waals surface area contributed by atoms with E-state index in [1.54, 1.807) is 18.1 Å². The second kappa shape index (κ2) is 19.9. The molecule has 0 bridgehead atoms. The van der Waals surface area contributed by atoms with E-state index < -0.39 is 36.0 Å². The number of piperidine rings is 1. The number of likely N-dealkylation sites (tertiary alicyclic amines) is 1. The van der Waals surface area contributed by atoms with E-state index in [2.05, 4.69) is 6.07 Å². The number of benzene rings is 4. The van der Waals surface area contributed by atoms with Crippen LogP contribution in [0, 0.1) is 5.82 Å². The summed E-state index contributed by atoms with van der Waals surface area (Å²) in [5, 5.41) is 12.6. The van der Waals surface area contributed by atoms with Gasteiger partial charge in [0.2, 0.25) is 0 Å². The van der Waals surface area contributed by atoms with Gasteiger partial charge >= 0.3 is 6.09 Å². The quantitative estimate of drug-likeness (QED) is 0.102. The summed E-state index contributed by atoms with van der Waals surface area (Å²) in [6.45, 7) is 7.17. The van der Waals surface area contributed by atoms with Crippen molar-refractivity contribution in [3.8, 4) is 17.2 Å². The second-order valence-electron chi connectivity index (χ2n) is 14.5. The third-order valence-electron chi connectivity index (χ3n) is 9.09. The summed E-state index contributed by atoms with van der Waals surface area (Å²) in [5.41, 5.74) is 1.64. The highest BCUT2D eigenvalue weighted by Gasteiger charge is 2.42. The van der Waals surface area contributed by atoms with E-state index >= 15 is 0 Å². The maximum Gasteiger partial charge on any atom is 0.410 e. The molecule has 11 nitrogen and oxygen atoms in total. The molecule has 3 unspecified atom stereocenters. The number of hydrogen-bond donors (Lipinski definition) is 1. The van der Waals surface area contributed by atoms with Crippen LogP contribution in [-0.2, 0) is 36.9 Å². The zero-order valence-electron chi connectivity index (χ0n) is 32.6. The Balaban J connectivity index is 1.28. The number of ether oxygens (including phenoxy) is 8. The summed E-state index contributed by atoms with van der Waals surface area (Å²) in [6.07, 6.45) is -1.25. The predicted octanol–water partition coefficient (Wildman–Crippen LogP) is 7.64. The van der Waals surface area contributed by atoms with Crippen molar-refractivity contribution in [2.24, 2.45) is 0 Å². The fraction of sp³-hybridized carbons (Fsp3) is 0.465. The molecule has 1 aliphatic rings. The van der Waals surface area contributed by atoms with Crippen LogP contribution in [0.15, 0.2) is 78.9 Å². The van der Waals surface area contributed by atoms with Crippen LogP contribution in [0.3, 0.4) is 0 Å². The first-order valence-corrected chi connectivity index (χ1v) is 18.6. The third-order valence-corrected chi connectivity index (χ3v) is 9.09. The molecule has 1 N–H and O–H groups in total. The highest BCUT2D eigenvalue weighted by atomic mass is 19.1. The number of rotatable bonds is 18. The summed E-state index contributed by atoms with van der Waals surface area (Å²) >= 11 is 0. The topological polar surface area (TPSA) is 114 Å². The third kappa shape index (κ3) is 12.0. The average molecular weight is 764 g/mol. The van der Waals surface area contributed by atoms with Crippen LogP contribution in [0.4, 0.5) is 9.18 Å². The molecule has 5 rings (SSSR count). The molecule has 0 spiro atoms. The van der Waals surface area contributed by atoms with Crippen LogP contribution in [0.25, 0.3) is 10.8 Å². The Kier molecular flexibility index (Phi) is 15.1. The molecule has 298 valence electrons. The fourth-order valence-electron chi connectivity index (χ4n) is 6.61. The molecule has 0 aliphatic carbocycles. The van der Waals surface area contributed by atoms with Crippen molar-refractivity contribution in [1.29, 1.82) is 0 Å². The number of carbonyl (C=O) groups excluding carboxylic acids is 1. The van der Waals surface area contributed by atoms with Crippen LogP contribution in [0.1, 0.15) is 56.3 Å². The maximum absolute atomic E-state index is 13.9. The van der Waals surface area contributed by atoms with Gasteiger partial charge in [0, 0.05) is 30.9 Å². The molecule has 0 aromatic heterocycles. The molecule has 12 heteroatoms. The number of aliphatic hydroxyl groups is 1. The zero-order valence-corrected chi connectivity index (χ0v) is 32.6. The Morgan fingerprint density at radius 3 is 2.38 bits per heavy atom. The molecule has 4 aromatic rings. The first kappa shape index (κ1) is 41.7. The molecule has 1 heterocycles. The lowest BCUT2D eigenvalue weighted by molar-refractivity contribution is -0.123. The fourth-order valence-corrected chi connectivity index (χ4v) is 6.61. The molecular formula is C43H54FNO10. The van der Waals surface area contributed by atoms with E-state index in [1.165, 1.54) is 26.4 Å². The van der Waals surface area contributed by atoms with Crippen LogP contribution in [0.5, 0.6) is 17.2 Å². The zero-order chi connectivity index (χ0) is 39.4. The number of aliphatic hydroxyl groups excluding tert-OH is 1. The normalized spacial score (nSPS) is 17.9. The van der Waals surface area contributed by atoms with Crippen molar-refractivity contribution < 1.29 is 52.2 Å². The number of hydrogen-bond acceptors (Lipinski definition) is 10. The lowest BCUT2D eigenvalue weighted by Crippen LogP contribution is -2.53. The number of halogens is 1. The first-order valence-electron chi connectivity index (χ1n) is 18.6. The standard InChI is InChI=1S/C43H54FNO10/c1-43(2,3)55-42(47)45-24-36(53-25-29-20-31-10-7-8-11-37(31)39(21-29)50-6)23-40(54-28-34(46)27-48-4)41(45)30-12-15-35(16-13-30)52-19-9-18-51-26-32-22-33(44)14-17-38(32)49-5/h7-8,10-17,20-22,34,36,40-41,46H,9,18-19,23-28H2,1-6H3/t34-,36?,40?,41?/m1/s1. The molecule has 1 aliphatic heterocycles. The van der Waals surface area contributed by atoms with E-state index in [9.17, 15) is 14.3 Å². The van der Waals surface area contributed by atoms with E-state index in [-0.39, 0.29) is 38.8 Å². The largest absolute Gasteiger partial charge is 0.496 e. The number of nitrogens with zero attached hydrogens (tertiary/aromatic N) is 1. The number of fused-ring (bicyclic) bond motifs is 1. The minimum Gasteiger partial charge on any atom is -0.496 e. The van der Waals surface area contributed by atoms with Crippen molar-refractivity contribution in [2.75, 3.05) is 54.3 Å². The number of methoxy groups -OCH3 is 3. The Hall–Kier alpha value is -4.46. The Labute approximate surface area is 323 Å². The van der Waals surface area contributed by atoms with Gasteiger partial charge < -0.3 is 43.0 Å². The summed E-state index contributed by atoms with van der Waals surface area (Å²) in [7, 11) is 4.71. The van der Waals surface area contributed by atoms with Crippen LogP contribution >= 0.6 is 0 Å². The lowest BCUT2D eigenvalue weighted by Gasteiger charge is -2.44. The second-order valence-corrected chi connectivity index (χ2v) is 14.5. The molecule has 4 aromatic carbocycles. The number of carbonyl (C=O) groups is 1. The van der Waals surface area contributed by atoms with Crippen LogP contribution in [-0.4, -0.2) is 94.3 Å². The smallest absolute Gasteiger partial charge is 0.410 e. The SMILES string of the molecule is COC[C@@H](O)COC1CC(OCc2cc(OC)c3ccccc3c2)CN(C(=O)OC(C)(C)C)C1c1ccc(OCCCOCc2cc(F)ccc2OC)cc1. The van der Waals surface area contributed by atoms with Gasteiger partial charge in [-0.1, -0.05) is 36.4 Å². The number of amides is 1. The summed E-state index contributed by atoms with van der Waals surface area (Å²) in [4.78, 5) is 15.6. The molecule has 1 fully saturated rings. The first-order chi connectivity index (χ1) is 26.5. The van der Waals surface area contributed by atoms with Gasteiger partial charge in [0.05, 0.1) is 78.7 Å². The van der Waals surface area contributed by atoms with Gasteiger partial charge in [0.25, 0.3) is 0 Å². The van der Waals surface area contributed by atoms with Crippen LogP contribution in [0.2, 0.25) is 0 Å². The van der Waals surface area contributed by atoms with Gasteiger partial charge in [-0.3, -0.25) is 4.90 Å². The van der Waals surface area contributed by atoms with Gasteiger partial charge in [-0.25, -0.2) is 9.18 Å². The van der Waals surface area contributed by atoms with Crippen molar-refractivity contribution in [3.05, 3.63) is 101 Å². The van der Waals surface area contributed by atoms with Crippen LogP contribution < -0.4 is 14.2 Å². The Morgan fingerprint density at radius 1 is 0.891 bits per heavy atom. The van der Waals surface area contributed by atoms with Gasteiger partial charge in [-0.2, -0.15) is 0 Å². The monoisotopic (exact) mass is 763 g/mol. The summed E-state index contributed by atoms with van der Waals surface area (Å²) < 4.78 is 60.3. The minimum absolute atomic E-state index is 0.00101. The molecule has 4 atom stereocenters. The van der Waals surface area contributed by atoms with E-state index in [0.717, 1.165) is 27.6 Å².